The van der Waals surface area contributed by atoms with Crippen LogP contribution >= 0.6 is 11.8 Å². The number of methoxy groups -OCH3 is 2. The lowest BCUT2D eigenvalue weighted by atomic mass is 9.79. The molecule has 8 heteroatoms. The van der Waals surface area contributed by atoms with Crippen LogP contribution in [0.5, 0.6) is 11.5 Å². The minimum Gasteiger partial charge on any atom is -0.493 e. The van der Waals surface area contributed by atoms with Gasteiger partial charge < -0.3 is 24.6 Å². The number of fused-ring (bicyclic) bond motifs is 1. The Morgan fingerprint density at radius 3 is 2.29 bits per heavy atom. The summed E-state index contributed by atoms with van der Waals surface area (Å²) >= 11 is 1.66. The number of hydrogen-bond acceptors (Lipinski definition) is 6. The molecule has 0 fully saturated rings. The number of carbonyl (C=O) groups excluding carboxylic acids is 2. The molecule has 2 amide bonds. The molecule has 1 aliphatic rings. The van der Waals surface area contributed by atoms with Gasteiger partial charge in [-0.1, -0.05) is 26.0 Å². The zero-order valence-corrected chi connectivity index (χ0v) is 22.4. The second kappa shape index (κ2) is 12.3. The molecule has 35 heavy (non-hydrogen) atoms. The van der Waals surface area contributed by atoms with Crippen molar-refractivity contribution in [3.8, 4) is 11.5 Å². The standard InChI is InChI=1S/C27H37N3O4S/c1-7-30(8-2)15-9-14-28-26(31)24-20-16-22(33-4)23(34-5)17-21(20)27(32)29(3)25(24)18-10-12-19(35-6)13-11-18/h10-13,16-17,24-25H,7-9,14-15H2,1-6H3,(H,28,31)/t24-,25+/m0/s1. The maximum absolute atomic E-state index is 13.7. The van der Waals surface area contributed by atoms with E-state index in [1.165, 1.54) is 7.11 Å². The van der Waals surface area contributed by atoms with Crippen LogP contribution in [0.25, 0.3) is 0 Å². The topological polar surface area (TPSA) is 71.1 Å². The van der Waals surface area contributed by atoms with Crippen molar-refractivity contribution in [2.45, 2.75) is 37.1 Å². The normalized spacial score (nSPS) is 17.3. The molecule has 1 heterocycles. The summed E-state index contributed by atoms with van der Waals surface area (Å²) in [5, 5.41) is 3.14. The molecule has 2 aromatic carbocycles. The number of likely N-dealkylation sites (N-methyl/N-ethyl adjacent to an activating group) is 1. The van der Waals surface area contributed by atoms with E-state index in [9.17, 15) is 9.59 Å². The third-order valence-corrected chi connectivity index (χ3v) is 7.50. The molecule has 0 spiro atoms. The van der Waals surface area contributed by atoms with Gasteiger partial charge in [0.15, 0.2) is 11.5 Å². The number of rotatable bonds is 11. The Hall–Kier alpha value is -2.71. The summed E-state index contributed by atoms with van der Waals surface area (Å²) < 4.78 is 11.0. The summed E-state index contributed by atoms with van der Waals surface area (Å²) in [5.41, 5.74) is 2.04. The molecule has 0 radical (unpaired) electrons. The van der Waals surface area contributed by atoms with E-state index < -0.39 is 12.0 Å². The van der Waals surface area contributed by atoms with Crippen molar-refractivity contribution >= 4 is 23.6 Å². The van der Waals surface area contributed by atoms with Gasteiger partial charge in [0.05, 0.1) is 26.2 Å². The summed E-state index contributed by atoms with van der Waals surface area (Å²) in [7, 11) is 4.86. The maximum Gasteiger partial charge on any atom is 0.254 e. The van der Waals surface area contributed by atoms with Crippen molar-refractivity contribution in [3.05, 3.63) is 53.1 Å². The van der Waals surface area contributed by atoms with E-state index in [0.717, 1.165) is 36.5 Å². The second-order valence-electron chi connectivity index (χ2n) is 8.58. The van der Waals surface area contributed by atoms with Crippen LogP contribution in [-0.4, -0.2) is 75.3 Å². The lowest BCUT2D eigenvalue weighted by Gasteiger charge is -2.40. The molecular formula is C27H37N3O4S. The first-order valence-electron chi connectivity index (χ1n) is 12.1. The highest BCUT2D eigenvalue weighted by atomic mass is 32.2. The molecule has 0 saturated heterocycles. The van der Waals surface area contributed by atoms with E-state index in [1.54, 1.807) is 43.0 Å². The van der Waals surface area contributed by atoms with Gasteiger partial charge in [-0.2, -0.15) is 0 Å². The van der Waals surface area contributed by atoms with Gasteiger partial charge >= 0.3 is 0 Å². The lowest BCUT2D eigenvalue weighted by molar-refractivity contribution is -0.124. The molecule has 0 aromatic heterocycles. The quantitative estimate of drug-likeness (QED) is 0.369. The van der Waals surface area contributed by atoms with Gasteiger partial charge in [-0.25, -0.2) is 0 Å². The van der Waals surface area contributed by atoms with Crippen LogP contribution in [0.3, 0.4) is 0 Å². The summed E-state index contributed by atoms with van der Waals surface area (Å²) in [6.45, 7) is 7.76. The van der Waals surface area contributed by atoms with Crippen molar-refractivity contribution in [1.82, 2.24) is 15.1 Å². The van der Waals surface area contributed by atoms with Crippen LogP contribution in [0, 0.1) is 0 Å². The third-order valence-electron chi connectivity index (χ3n) is 6.76. The number of ether oxygens (including phenoxy) is 2. The van der Waals surface area contributed by atoms with Gasteiger partial charge in [-0.05, 0) is 67.7 Å². The van der Waals surface area contributed by atoms with E-state index in [0.29, 0.717) is 29.2 Å². The zero-order valence-electron chi connectivity index (χ0n) is 21.6. The molecule has 190 valence electrons. The van der Waals surface area contributed by atoms with Crippen molar-refractivity contribution in [1.29, 1.82) is 0 Å². The van der Waals surface area contributed by atoms with Crippen LogP contribution < -0.4 is 14.8 Å². The molecule has 7 nitrogen and oxygen atoms in total. The monoisotopic (exact) mass is 499 g/mol. The highest BCUT2D eigenvalue weighted by Crippen LogP contribution is 2.45. The number of amides is 2. The van der Waals surface area contributed by atoms with Crippen molar-refractivity contribution in [3.63, 3.8) is 0 Å². The number of benzene rings is 2. The third kappa shape index (κ3) is 5.76. The first kappa shape index (κ1) is 26.9. The fraction of sp³-hybridized carbons (Fsp3) is 0.481. The summed E-state index contributed by atoms with van der Waals surface area (Å²) in [5.74, 6) is 0.136. The first-order valence-corrected chi connectivity index (χ1v) is 13.3. The Kier molecular flexibility index (Phi) is 9.46. The number of hydrogen-bond donors (Lipinski definition) is 1. The van der Waals surface area contributed by atoms with Gasteiger partial charge in [0.25, 0.3) is 5.91 Å². The van der Waals surface area contributed by atoms with Crippen LogP contribution in [0.15, 0.2) is 41.3 Å². The molecule has 2 aromatic rings. The van der Waals surface area contributed by atoms with E-state index in [-0.39, 0.29) is 11.8 Å². The Bertz CT molecular complexity index is 1020. The van der Waals surface area contributed by atoms with Gasteiger partial charge in [0.1, 0.15) is 0 Å². The molecule has 0 aliphatic carbocycles. The summed E-state index contributed by atoms with van der Waals surface area (Å²) in [6, 6.07) is 11.1. The summed E-state index contributed by atoms with van der Waals surface area (Å²) in [6.07, 6.45) is 2.89. The van der Waals surface area contributed by atoms with E-state index >= 15 is 0 Å². The largest absolute Gasteiger partial charge is 0.493 e. The van der Waals surface area contributed by atoms with E-state index in [2.05, 4.69) is 24.1 Å². The Labute approximate surface area is 213 Å². The Morgan fingerprint density at radius 2 is 1.71 bits per heavy atom. The molecule has 0 saturated carbocycles. The Morgan fingerprint density at radius 1 is 1.09 bits per heavy atom. The fourth-order valence-corrected chi connectivity index (χ4v) is 5.12. The Balaban J connectivity index is 2.00. The fourth-order valence-electron chi connectivity index (χ4n) is 4.71. The highest BCUT2D eigenvalue weighted by Gasteiger charge is 2.43. The minimum absolute atomic E-state index is 0.101. The van der Waals surface area contributed by atoms with Crippen molar-refractivity contribution in [2.75, 3.05) is 53.7 Å². The highest BCUT2D eigenvalue weighted by molar-refractivity contribution is 7.98. The predicted molar refractivity (Wildman–Crippen MR) is 141 cm³/mol. The van der Waals surface area contributed by atoms with Crippen molar-refractivity contribution in [2.24, 2.45) is 0 Å². The SMILES string of the molecule is CCN(CC)CCCNC(=O)[C@H]1c2cc(OC)c(OC)cc2C(=O)N(C)[C@@H]1c1ccc(SC)cc1. The smallest absolute Gasteiger partial charge is 0.254 e. The van der Waals surface area contributed by atoms with Crippen LogP contribution in [0.2, 0.25) is 0 Å². The zero-order chi connectivity index (χ0) is 25.5. The van der Waals surface area contributed by atoms with Crippen LogP contribution in [0.1, 0.15) is 53.7 Å². The molecule has 1 aliphatic heterocycles. The van der Waals surface area contributed by atoms with Gasteiger partial charge in [-0.3, -0.25) is 9.59 Å². The minimum atomic E-state index is -0.582. The van der Waals surface area contributed by atoms with Crippen LogP contribution in [-0.2, 0) is 4.79 Å². The van der Waals surface area contributed by atoms with E-state index in [1.807, 2.05) is 30.5 Å². The number of carbonyl (C=O) groups is 2. The molecular weight excluding hydrogens is 462 g/mol. The van der Waals surface area contributed by atoms with Gasteiger partial charge in [-0.15, -0.1) is 11.8 Å². The molecule has 0 bridgehead atoms. The number of thioether (sulfide) groups is 1. The summed E-state index contributed by atoms with van der Waals surface area (Å²) in [4.78, 5) is 32.3. The van der Waals surface area contributed by atoms with Gasteiger partial charge in [0, 0.05) is 24.1 Å². The van der Waals surface area contributed by atoms with Crippen LogP contribution in [0.4, 0.5) is 0 Å². The van der Waals surface area contributed by atoms with Gasteiger partial charge in [0.2, 0.25) is 5.91 Å². The molecule has 1 N–H and O–H groups in total. The number of nitrogens with one attached hydrogen (secondary N) is 1. The lowest BCUT2D eigenvalue weighted by Crippen LogP contribution is -2.46. The molecule has 0 unspecified atom stereocenters. The number of nitrogens with zero attached hydrogens (tertiary/aromatic N) is 2. The average molecular weight is 500 g/mol. The van der Waals surface area contributed by atoms with E-state index in [4.69, 9.17) is 9.47 Å². The second-order valence-corrected chi connectivity index (χ2v) is 9.46. The molecule has 3 rings (SSSR count). The van der Waals surface area contributed by atoms with Crippen molar-refractivity contribution < 1.29 is 19.1 Å². The average Bonchev–Trinajstić information content (AvgIpc) is 2.89. The first-order chi connectivity index (χ1) is 16.9. The predicted octanol–water partition coefficient (Wildman–Crippen LogP) is 4.18. The molecule has 2 atom stereocenters. The maximum atomic E-state index is 13.7.